The van der Waals surface area contributed by atoms with Gasteiger partial charge in [0.1, 0.15) is 6.10 Å². The normalized spacial score (nSPS) is 29.9. The third-order valence-corrected chi connectivity index (χ3v) is 15.0. The molecule has 5 rings (SSSR count). The highest BCUT2D eigenvalue weighted by molar-refractivity contribution is 5.67. The summed E-state index contributed by atoms with van der Waals surface area (Å²) in [6, 6.07) is 0. The van der Waals surface area contributed by atoms with Gasteiger partial charge >= 0.3 is 6.09 Å². The van der Waals surface area contributed by atoms with Gasteiger partial charge in [0.05, 0.1) is 5.69 Å². The number of fused-ring (bicyclic) bond motifs is 5. The first-order chi connectivity index (χ1) is 25.7. The number of hydrogen-bond donors (Lipinski definition) is 1. The molecule has 1 amide bonds. The van der Waals surface area contributed by atoms with Gasteiger partial charge in [0, 0.05) is 31.6 Å². The Morgan fingerprint density at radius 2 is 1.54 bits per heavy atom. The van der Waals surface area contributed by atoms with E-state index in [-0.39, 0.29) is 28.5 Å². The van der Waals surface area contributed by atoms with Crippen molar-refractivity contribution < 1.29 is 9.53 Å². The van der Waals surface area contributed by atoms with Crippen LogP contribution in [-0.2, 0) is 11.2 Å². The Labute approximate surface area is 328 Å². The van der Waals surface area contributed by atoms with Crippen LogP contribution in [0.2, 0.25) is 0 Å². The van der Waals surface area contributed by atoms with Crippen LogP contribution in [-0.4, -0.2) is 82.9 Å². The molecular weight excluding hydrogens is 673 g/mol. The van der Waals surface area contributed by atoms with E-state index in [1.165, 1.54) is 51.4 Å². The molecule has 1 N–H and O–H groups in total. The largest absolute Gasteiger partial charge is 0.446 e. The van der Waals surface area contributed by atoms with Crippen molar-refractivity contribution >= 4 is 11.8 Å². The summed E-state index contributed by atoms with van der Waals surface area (Å²) in [6.07, 6.45) is 20.0. The second-order valence-corrected chi connectivity index (χ2v) is 19.7. The first kappa shape index (κ1) is 42.9. The number of hydrogen-bond acceptors (Lipinski definition) is 7. The second kappa shape index (κ2) is 18.8. The van der Waals surface area contributed by atoms with Gasteiger partial charge in [0.2, 0.25) is 10.9 Å². The molecular formula is C46H78N4O4. The monoisotopic (exact) mass is 751 g/mol. The molecule has 0 saturated heterocycles. The Morgan fingerprint density at radius 1 is 0.833 bits per heavy atom. The molecule has 8 atom stereocenters. The van der Waals surface area contributed by atoms with Gasteiger partial charge in [-0.2, -0.15) is 0 Å². The maximum absolute atomic E-state index is 12.9. The van der Waals surface area contributed by atoms with E-state index in [9.17, 15) is 14.4 Å². The minimum atomic E-state index is -0.333. The van der Waals surface area contributed by atoms with Gasteiger partial charge in [-0.25, -0.2) is 4.79 Å². The van der Waals surface area contributed by atoms with E-state index in [2.05, 4.69) is 88.9 Å². The van der Waals surface area contributed by atoms with Gasteiger partial charge in [-0.05, 0) is 165 Å². The lowest BCUT2D eigenvalue weighted by molar-refractivity contribution is -0.0581. The Balaban J connectivity index is 1.07. The van der Waals surface area contributed by atoms with Crippen molar-refractivity contribution in [3.05, 3.63) is 37.7 Å². The fourth-order valence-corrected chi connectivity index (χ4v) is 12.0. The molecule has 1 unspecified atom stereocenters. The first-order valence-corrected chi connectivity index (χ1v) is 22.2. The number of ether oxygens (including phenoxy) is 1. The lowest BCUT2D eigenvalue weighted by atomic mass is 9.47. The predicted octanol–water partition coefficient (Wildman–Crippen LogP) is 8.45. The zero-order valence-electron chi connectivity index (χ0n) is 35.9. The van der Waals surface area contributed by atoms with Crippen LogP contribution >= 0.6 is 0 Å². The van der Waals surface area contributed by atoms with Gasteiger partial charge in [-0.3, -0.25) is 9.59 Å². The molecule has 8 nitrogen and oxygen atoms in total. The maximum atomic E-state index is 12.9. The highest BCUT2D eigenvalue weighted by Gasteiger charge is 2.59. The summed E-state index contributed by atoms with van der Waals surface area (Å²) in [5.74, 6) is 4.95. The van der Waals surface area contributed by atoms with Gasteiger partial charge in [-0.1, -0.05) is 65.5 Å². The van der Waals surface area contributed by atoms with Crippen LogP contribution in [0.1, 0.15) is 136 Å². The smallest absolute Gasteiger partial charge is 0.407 e. The molecule has 0 heterocycles. The summed E-state index contributed by atoms with van der Waals surface area (Å²) in [6.45, 7) is 16.4. The van der Waals surface area contributed by atoms with Gasteiger partial charge in [0.15, 0.2) is 0 Å². The van der Waals surface area contributed by atoms with Crippen molar-refractivity contribution in [2.24, 2.45) is 46.3 Å². The molecule has 3 fully saturated rings. The number of carbonyl (C=O) groups excluding carboxylic acids is 1. The third-order valence-electron chi connectivity index (χ3n) is 15.0. The summed E-state index contributed by atoms with van der Waals surface area (Å²) in [5.41, 5.74) is 2.94. The van der Waals surface area contributed by atoms with Crippen molar-refractivity contribution in [2.75, 3.05) is 65.8 Å². The van der Waals surface area contributed by atoms with Crippen molar-refractivity contribution in [3.8, 4) is 0 Å². The van der Waals surface area contributed by atoms with E-state index < -0.39 is 0 Å². The molecule has 0 radical (unpaired) electrons. The summed E-state index contributed by atoms with van der Waals surface area (Å²) in [7, 11) is 8.22. The van der Waals surface area contributed by atoms with Gasteiger partial charge in [0.25, 0.3) is 0 Å². The van der Waals surface area contributed by atoms with Crippen LogP contribution in [0.25, 0.3) is 0 Å². The van der Waals surface area contributed by atoms with Crippen LogP contribution < -0.4 is 21.1 Å². The molecule has 8 heteroatoms. The Hall–Kier alpha value is -2.19. The lowest BCUT2D eigenvalue weighted by Gasteiger charge is -2.58. The maximum Gasteiger partial charge on any atom is 0.407 e. The summed E-state index contributed by atoms with van der Waals surface area (Å²) in [5, 5.41) is 2.99. The number of alkyl carbamates (subject to hydrolysis) is 1. The molecule has 4 aliphatic carbocycles. The summed E-state index contributed by atoms with van der Waals surface area (Å²) >= 11 is 0. The molecule has 4 aliphatic rings. The molecule has 3 saturated carbocycles. The molecule has 0 spiro atoms. The molecule has 54 heavy (non-hydrogen) atoms. The molecule has 0 bridgehead atoms. The van der Waals surface area contributed by atoms with Crippen LogP contribution in [0.15, 0.2) is 21.2 Å². The van der Waals surface area contributed by atoms with E-state index in [0.717, 1.165) is 107 Å². The van der Waals surface area contributed by atoms with Crippen LogP contribution in [0.4, 0.5) is 10.5 Å². The number of unbranched alkanes of at least 4 members (excludes halogenated alkanes) is 1. The lowest BCUT2D eigenvalue weighted by Crippen LogP contribution is -2.51. The number of allylic oxidation sites excluding steroid dienone is 1. The zero-order valence-corrected chi connectivity index (χ0v) is 35.9. The first-order valence-electron chi connectivity index (χ1n) is 22.2. The topological polar surface area (TPSA) is 82.2 Å². The molecule has 0 aromatic heterocycles. The molecule has 0 aliphatic heterocycles. The van der Waals surface area contributed by atoms with Crippen molar-refractivity contribution in [2.45, 2.75) is 143 Å². The van der Waals surface area contributed by atoms with Gasteiger partial charge in [-0.15, -0.1) is 0 Å². The Kier molecular flexibility index (Phi) is 15.0. The molecule has 306 valence electrons. The second-order valence-electron chi connectivity index (χ2n) is 19.7. The zero-order chi connectivity index (χ0) is 39.2. The number of carbonyl (C=O) groups is 1. The van der Waals surface area contributed by atoms with E-state index in [1.807, 2.05) is 0 Å². The minimum Gasteiger partial charge on any atom is -0.446 e. The highest BCUT2D eigenvalue weighted by atomic mass is 16.6. The number of anilines is 1. The Morgan fingerprint density at radius 3 is 2.20 bits per heavy atom. The van der Waals surface area contributed by atoms with Crippen molar-refractivity contribution in [1.82, 2.24) is 15.1 Å². The summed E-state index contributed by atoms with van der Waals surface area (Å²) < 4.78 is 6.03. The van der Waals surface area contributed by atoms with Crippen LogP contribution in [0, 0.1) is 46.3 Å². The van der Waals surface area contributed by atoms with E-state index >= 15 is 0 Å². The number of nitrogens with one attached hydrogen (secondary N) is 1. The number of amides is 1. The van der Waals surface area contributed by atoms with Crippen LogP contribution in [0.3, 0.4) is 0 Å². The molecule has 1 aromatic carbocycles. The standard InChI is InChI=1S/C46H78N4O4/c1-32(2)15-12-16-33(3)38-20-21-39-36-19-18-34-31-35(22-24-45(34,4)40(36)23-25-46(38,39)5)54-44(53)47-26-11-10-17-37-41(43(52)42(37)51)50(29-13-27-48(6)7)30-14-28-49(8)9/h18,32-33,35-36,38-40H,10-17,19-31H2,1-9H3,(H,47,53)/t33-,35+,36+,38?,39+,40+,45+,46-/m1/s1. The Bertz CT molecular complexity index is 1460. The highest BCUT2D eigenvalue weighted by Crippen LogP contribution is 2.67. The van der Waals surface area contributed by atoms with E-state index in [0.29, 0.717) is 29.6 Å². The van der Waals surface area contributed by atoms with E-state index in [4.69, 9.17) is 4.74 Å². The average molecular weight is 751 g/mol. The van der Waals surface area contributed by atoms with Crippen molar-refractivity contribution in [1.29, 1.82) is 0 Å². The molecule has 1 aromatic rings. The summed E-state index contributed by atoms with van der Waals surface area (Å²) in [4.78, 5) is 44.8. The van der Waals surface area contributed by atoms with Gasteiger partial charge < -0.3 is 24.8 Å². The fraction of sp³-hybridized carbons (Fsp3) is 0.848. The predicted molar refractivity (Wildman–Crippen MR) is 224 cm³/mol. The SMILES string of the molecule is CC(C)CCC[C@@H](C)C1CC[C@H]2[C@@H]3CC=C4C[C@@H](OC(=O)NCCCCc5c(N(CCCN(C)C)CCCN(C)C)c(=O)c5=O)CC[C@]4(C)[C@H]3CC[C@]12C. The minimum absolute atomic E-state index is 0.0606. The quantitative estimate of drug-likeness (QED) is 0.0814. The average Bonchev–Trinajstić information content (AvgIpc) is 3.47. The number of rotatable bonds is 20. The fourth-order valence-electron chi connectivity index (χ4n) is 12.0. The number of nitrogens with zero attached hydrogens (tertiary/aromatic N) is 3. The third kappa shape index (κ3) is 9.84. The van der Waals surface area contributed by atoms with E-state index in [1.54, 1.807) is 5.57 Å². The van der Waals surface area contributed by atoms with Crippen LogP contribution in [0.5, 0.6) is 0 Å². The van der Waals surface area contributed by atoms with Crippen molar-refractivity contribution in [3.63, 3.8) is 0 Å².